The van der Waals surface area contributed by atoms with Crippen molar-refractivity contribution < 1.29 is 9.53 Å². The Bertz CT molecular complexity index is 380. The van der Waals surface area contributed by atoms with Crippen LogP contribution in [0.2, 0.25) is 0 Å². The predicted octanol–water partition coefficient (Wildman–Crippen LogP) is 2.13. The van der Waals surface area contributed by atoms with Crippen molar-refractivity contribution in [2.45, 2.75) is 32.1 Å². The maximum Gasteiger partial charge on any atom is 0.220 e. The molecule has 1 rings (SSSR count). The van der Waals surface area contributed by atoms with Gasteiger partial charge in [-0.25, -0.2) is 0 Å². The van der Waals surface area contributed by atoms with E-state index in [0.717, 1.165) is 43.7 Å². The van der Waals surface area contributed by atoms with Crippen LogP contribution >= 0.6 is 0 Å². The zero-order valence-electron chi connectivity index (χ0n) is 11.7. The summed E-state index contributed by atoms with van der Waals surface area (Å²) in [5.74, 6) is 0.0926. The van der Waals surface area contributed by atoms with Crippen LogP contribution in [0.5, 0.6) is 0 Å². The second-order valence-electron chi connectivity index (χ2n) is 4.60. The van der Waals surface area contributed by atoms with Crippen molar-refractivity contribution in [1.82, 2.24) is 5.32 Å². The Kier molecular flexibility index (Phi) is 7.66. The van der Waals surface area contributed by atoms with Gasteiger partial charge < -0.3 is 15.8 Å². The lowest BCUT2D eigenvalue weighted by Crippen LogP contribution is -2.24. The summed E-state index contributed by atoms with van der Waals surface area (Å²) in [5.41, 5.74) is 7.63. The van der Waals surface area contributed by atoms with Gasteiger partial charge in [0.25, 0.3) is 0 Å². The molecule has 0 aliphatic carbocycles. The first-order valence-electron chi connectivity index (χ1n) is 6.83. The number of aryl methyl sites for hydroxylation is 1. The second kappa shape index (κ2) is 9.39. The third kappa shape index (κ3) is 6.82. The van der Waals surface area contributed by atoms with Gasteiger partial charge in [0.2, 0.25) is 5.91 Å². The van der Waals surface area contributed by atoms with Crippen molar-refractivity contribution in [3.8, 4) is 0 Å². The Morgan fingerprint density at radius 2 is 2.05 bits per heavy atom. The number of unbranched alkanes of at least 4 members (excludes halogenated alkanes) is 2. The largest absolute Gasteiger partial charge is 0.399 e. The quantitative estimate of drug-likeness (QED) is 0.530. The van der Waals surface area contributed by atoms with Crippen LogP contribution in [0.1, 0.15) is 31.2 Å². The number of carbonyl (C=O) groups excluding carboxylic acids is 1. The molecule has 0 fully saturated rings. The second-order valence-corrected chi connectivity index (χ2v) is 4.60. The SMILES string of the molecule is COCCCCCNC(=O)CCc1ccccc1N. The van der Waals surface area contributed by atoms with E-state index in [-0.39, 0.29) is 5.91 Å². The molecule has 0 aromatic heterocycles. The average molecular weight is 264 g/mol. The van der Waals surface area contributed by atoms with Gasteiger partial charge in [-0.15, -0.1) is 0 Å². The zero-order chi connectivity index (χ0) is 13.9. The smallest absolute Gasteiger partial charge is 0.220 e. The van der Waals surface area contributed by atoms with E-state index in [2.05, 4.69) is 5.32 Å². The number of benzene rings is 1. The molecule has 0 unspecified atom stereocenters. The van der Waals surface area contributed by atoms with Gasteiger partial charge in [-0.05, 0) is 37.3 Å². The Labute approximate surface area is 115 Å². The Morgan fingerprint density at radius 3 is 2.79 bits per heavy atom. The van der Waals surface area contributed by atoms with Crippen LogP contribution in [-0.2, 0) is 16.0 Å². The number of rotatable bonds is 9. The van der Waals surface area contributed by atoms with Gasteiger partial charge in [-0.2, -0.15) is 0 Å². The highest BCUT2D eigenvalue weighted by Crippen LogP contribution is 2.12. The van der Waals surface area contributed by atoms with Gasteiger partial charge >= 0.3 is 0 Å². The average Bonchev–Trinajstić information content (AvgIpc) is 2.42. The number of para-hydroxylation sites is 1. The van der Waals surface area contributed by atoms with Gasteiger partial charge in [0.1, 0.15) is 0 Å². The molecule has 4 nitrogen and oxygen atoms in total. The molecule has 1 aromatic rings. The summed E-state index contributed by atoms with van der Waals surface area (Å²) >= 11 is 0. The lowest BCUT2D eigenvalue weighted by Gasteiger charge is -2.07. The summed E-state index contributed by atoms with van der Waals surface area (Å²) in [7, 11) is 1.71. The number of ether oxygens (including phenoxy) is 1. The summed E-state index contributed by atoms with van der Waals surface area (Å²) in [6.45, 7) is 1.54. The standard InChI is InChI=1S/C15H24N2O2/c1-19-12-6-2-5-11-17-15(18)10-9-13-7-3-4-8-14(13)16/h3-4,7-8H,2,5-6,9-12,16H2,1H3,(H,17,18). The number of amides is 1. The van der Waals surface area contributed by atoms with Crippen molar-refractivity contribution in [2.24, 2.45) is 0 Å². The Hall–Kier alpha value is -1.55. The fourth-order valence-corrected chi connectivity index (χ4v) is 1.87. The highest BCUT2D eigenvalue weighted by atomic mass is 16.5. The van der Waals surface area contributed by atoms with Gasteiger partial charge in [-0.3, -0.25) is 4.79 Å². The van der Waals surface area contributed by atoms with E-state index >= 15 is 0 Å². The monoisotopic (exact) mass is 264 g/mol. The number of hydrogen-bond acceptors (Lipinski definition) is 3. The van der Waals surface area contributed by atoms with Crippen LogP contribution in [0.25, 0.3) is 0 Å². The molecule has 0 saturated heterocycles. The van der Waals surface area contributed by atoms with E-state index < -0.39 is 0 Å². The first-order valence-corrected chi connectivity index (χ1v) is 6.83. The minimum atomic E-state index is 0.0926. The summed E-state index contributed by atoms with van der Waals surface area (Å²) in [6, 6.07) is 7.68. The van der Waals surface area contributed by atoms with Crippen LogP contribution in [0.3, 0.4) is 0 Å². The van der Waals surface area contributed by atoms with Gasteiger partial charge in [0, 0.05) is 32.4 Å². The maximum atomic E-state index is 11.6. The van der Waals surface area contributed by atoms with Crippen molar-refractivity contribution in [1.29, 1.82) is 0 Å². The van der Waals surface area contributed by atoms with E-state index in [1.165, 1.54) is 0 Å². The highest BCUT2D eigenvalue weighted by molar-refractivity contribution is 5.76. The van der Waals surface area contributed by atoms with Crippen LogP contribution in [-0.4, -0.2) is 26.2 Å². The fourth-order valence-electron chi connectivity index (χ4n) is 1.87. The number of anilines is 1. The zero-order valence-corrected chi connectivity index (χ0v) is 11.7. The normalized spacial score (nSPS) is 10.4. The van der Waals surface area contributed by atoms with E-state index in [1.807, 2.05) is 24.3 Å². The van der Waals surface area contributed by atoms with Crippen LogP contribution in [0.4, 0.5) is 5.69 Å². The summed E-state index contributed by atoms with van der Waals surface area (Å²) in [4.78, 5) is 11.6. The number of hydrogen-bond donors (Lipinski definition) is 2. The molecule has 1 amide bonds. The van der Waals surface area contributed by atoms with E-state index in [4.69, 9.17) is 10.5 Å². The Morgan fingerprint density at radius 1 is 1.26 bits per heavy atom. The third-order valence-electron chi connectivity index (χ3n) is 3.02. The summed E-state index contributed by atoms with van der Waals surface area (Å²) in [5, 5.41) is 2.93. The predicted molar refractivity (Wildman–Crippen MR) is 77.9 cm³/mol. The molecular formula is C15H24N2O2. The van der Waals surface area contributed by atoms with Crippen LogP contribution < -0.4 is 11.1 Å². The maximum absolute atomic E-state index is 11.6. The summed E-state index contributed by atoms with van der Waals surface area (Å²) in [6.07, 6.45) is 4.32. The number of nitrogens with two attached hydrogens (primary N) is 1. The molecule has 19 heavy (non-hydrogen) atoms. The van der Waals surface area contributed by atoms with Crippen molar-refractivity contribution in [3.63, 3.8) is 0 Å². The number of nitrogen functional groups attached to an aromatic ring is 1. The van der Waals surface area contributed by atoms with E-state index in [9.17, 15) is 4.79 Å². The first kappa shape index (κ1) is 15.5. The molecule has 0 aliphatic heterocycles. The molecule has 0 radical (unpaired) electrons. The first-order chi connectivity index (χ1) is 9.24. The minimum absolute atomic E-state index is 0.0926. The number of nitrogens with one attached hydrogen (secondary N) is 1. The molecule has 0 bridgehead atoms. The third-order valence-corrected chi connectivity index (χ3v) is 3.02. The van der Waals surface area contributed by atoms with Crippen molar-refractivity contribution in [2.75, 3.05) is 26.0 Å². The van der Waals surface area contributed by atoms with Gasteiger partial charge in [0.05, 0.1) is 0 Å². The molecule has 106 valence electrons. The Balaban J connectivity index is 2.10. The van der Waals surface area contributed by atoms with Crippen molar-refractivity contribution >= 4 is 11.6 Å². The molecule has 0 spiro atoms. The van der Waals surface area contributed by atoms with Crippen molar-refractivity contribution in [3.05, 3.63) is 29.8 Å². The number of carbonyl (C=O) groups is 1. The summed E-state index contributed by atoms with van der Waals surface area (Å²) < 4.78 is 4.97. The lowest BCUT2D eigenvalue weighted by molar-refractivity contribution is -0.121. The van der Waals surface area contributed by atoms with Crippen LogP contribution in [0, 0.1) is 0 Å². The fraction of sp³-hybridized carbons (Fsp3) is 0.533. The molecule has 3 N–H and O–H groups in total. The molecule has 0 saturated carbocycles. The van der Waals surface area contributed by atoms with Crippen LogP contribution in [0.15, 0.2) is 24.3 Å². The molecule has 1 aromatic carbocycles. The lowest BCUT2D eigenvalue weighted by atomic mass is 10.1. The molecule has 4 heteroatoms. The van der Waals surface area contributed by atoms with Gasteiger partial charge in [0.15, 0.2) is 0 Å². The molecule has 0 atom stereocenters. The van der Waals surface area contributed by atoms with E-state index in [0.29, 0.717) is 12.8 Å². The molecular weight excluding hydrogens is 240 g/mol. The van der Waals surface area contributed by atoms with E-state index in [1.54, 1.807) is 7.11 Å². The molecule has 0 heterocycles. The minimum Gasteiger partial charge on any atom is -0.399 e. The topological polar surface area (TPSA) is 64.3 Å². The van der Waals surface area contributed by atoms with Gasteiger partial charge in [-0.1, -0.05) is 18.2 Å². The number of methoxy groups -OCH3 is 1. The molecule has 0 aliphatic rings. The highest BCUT2D eigenvalue weighted by Gasteiger charge is 2.03.